The SMILES string of the molecule is C=C(C)C(=O)OC.C=C(C)C(=O)OC.C=C(C)C(=O)OC.CC(CC(O)(C(F)(F)F)C(F)(F)F)OC(=O)C1CC2CCC1C2.O=C(OCCCC(O)(C(F)(F)F)C(F)(F)F)C1CC2CCC1C2.O=C(OCCCCCCC(O)(C(F)(F)F)C(F)(F)F)C1CC2CCC1C2. The van der Waals surface area contributed by atoms with Crippen LogP contribution in [0.4, 0.5) is 79.0 Å². The molecular weight excluding hydrogens is 1300 g/mol. The van der Waals surface area contributed by atoms with Crippen LogP contribution in [0.5, 0.6) is 0 Å². The zero-order valence-electron chi connectivity index (χ0n) is 52.5. The molecule has 6 fully saturated rings. The van der Waals surface area contributed by atoms with E-state index in [4.69, 9.17) is 29.5 Å². The van der Waals surface area contributed by atoms with Crippen molar-refractivity contribution in [2.45, 2.75) is 216 Å². The van der Waals surface area contributed by atoms with E-state index in [1.165, 1.54) is 21.3 Å². The Morgan fingerprint density at radius 2 is 0.667 bits per heavy atom. The quantitative estimate of drug-likeness (QED) is 0.0339. The van der Waals surface area contributed by atoms with Crippen LogP contribution in [0.25, 0.3) is 0 Å². The zero-order chi connectivity index (χ0) is 72.3. The number of hydrogen-bond donors (Lipinski definition) is 3. The number of ether oxygens (including phenoxy) is 6. The third-order valence-electron chi connectivity index (χ3n) is 17.0. The predicted octanol–water partition coefficient (Wildman–Crippen LogP) is 14.2. The van der Waals surface area contributed by atoms with Gasteiger partial charge in [0.25, 0.3) is 16.8 Å². The fourth-order valence-corrected chi connectivity index (χ4v) is 11.9. The molecule has 0 saturated heterocycles. The van der Waals surface area contributed by atoms with Gasteiger partial charge < -0.3 is 43.7 Å². The number of hydrogen-bond acceptors (Lipinski definition) is 15. The lowest BCUT2D eigenvalue weighted by atomic mass is 9.89. The van der Waals surface area contributed by atoms with Crippen LogP contribution in [0, 0.1) is 53.3 Å². The standard InChI is InChI=1S/C17H24F6O3.2C14H18F6O3.3C5H8O2/c18-16(19,20)15(25,17(21,22)23)7-3-1-2-4-8-26-14(24)13-10-11-5-6-12(13)9-11;1-7(6-12(22,13(15,16)17)14(18,19)20)23-11(21)10-5-8-2-3-9(10)4-8;15-13(16,17)12(22,14(18,19)20)4-1-5-23-11(21)10-7-8-2-3-9(10)6-8;3*1-4(2)5(6)7-3/h11-13,25H,1-10H2;7-10,22H,2-6H2,1H3;8-10,22H,1-7H2;3*1H2,2-3H3. The molecule has 540 valence electrons. The fourth-order valence-electron chi connectivity index (χ4n) is 11.9. The average Bonchev–Trinajstić information content (AvgIpc) is 1.79. The molecule has 10 atom stereocenters. The monoisotopic (exact) mass is 1390 g/mol. The van der Waals surface area contributed by atoms with Crippen LogP contribution in [0.15, 0.2) is 36.5 Å². The summed E-state index contributed by atoms with van der Waals surface area (Å²) in [5.74, 6) is -1.22. The van der Waals surface area contributed by atoms with Crippen LogP contribution >= 0.6 is 0 Å². The molecular formula is C60H84F18O15. The molecule has 0 heterocycles. The number of esters is 6. The first kappa shape index (κ1) is 85.7. The van der Waals surface area contributed by atoms with Crippen LogP contribution in [-0.2, 0) is 57.2 Å². The second-order valence-corrected chi connectivity index (χ2v) is 24.3. The lowest BCUT2D eigenvalue weighted by Crippen LogP contribution is -2.58. The van der Waals surface area contributed by atoms with Crippen molar-refractivity contribution in [1.29, 1.82) is 0 Å². The second-order valence-electron chi connectivity index (χ2n) is 24.3. The number of alkyl halides is 18. The van der Waals surface area contributed by atoms with E-state index >= 15 is 0 Å². The molecule has 6 aliphatic carbocycles. The molecule has 33 heteroatoms. The molecule has 0 radical (unpaired) electrons. The Morgan fingerprint density at radius 1 is 0.398 bits per heavy atom. The van der Waals surface area contributed by atoms with Gasteiger partial charge in [-0.2, -0.15) is 79.0 Å². The summed E-state index contributed by atoms with van der Waals surface area (Å²) >= 11 is 0. The molecule has 0 aromatic rings. The summed E-state index contributed by atoms with van der Waals surface area (Å²) in [6.07, 6.45) is -30.9. The number of carbonyl (C=O) groups excluding carboxylic acids is 6. The van der Waals surface area contributed by atoms with E-state index in [-0.39, 0.29) is 60.6 Å². The highest BCUT2D eigenvalue weighted by Crippen LogP contribution is 2.53. The first-order chi connectivity index (χ1) is 42.3. The van der Waals surface area contributed by atoms with Crippen molar-refractivity contribution in [2.75, 3.05) is 34.5 Å². The number of carbonyl (C=O) groups is 6. The smallest absolute Gasteiger partial charge is 0.426 e. The van der Waals surface area contributed by atoms with Crippen molar-refractivity contribution in [1.82, 2.24) is 0 Å². The Morgan fingerprint density at radius 3 is 0.903 bits per heavy atom. The van der Waals surface area contributed by atoms with Crippen molar-refractivity contribution in [3.05, 3.63) is 36.5 Å². The van der Waals surface area contributed by atoms with Gasteiger partial charge in [0.1, 0.15) is 6.10 Å². The van der Waals surface area contributed by atoms with Gasteiger partial charge in [-0.05, 0) is 153 Å². The summed E-state index contributed by atoms with van der Waals surface area (Å²) in [7, 11) is 3.99. The summed E-state index contributed by atoms with van der Waals surface area (Å²) in [5.41, 5.74) is -13.0. The molecule has 0 aliphatic heterocycles. The second kappa shape index (κ2) is 35.6. The molecule has 6 aliphatic rings. The molecule has 10 unspecified atom stereocenters. The Labute approximate surface area is 526 Å². The molecule has 93 heavy (non-hydrogen) atoms. The zero-order valence-corrected chi connectivity index (χ0v) is 52.5. The molecule has 0 aromatic heterocycles. The van der Waals surface area contributed by atoms with Gasteiger partial charge in [0.05, 0.1) is 52.3 Å². The minimum atomic E-state index is -5.90. The summed E-state index contributed by atoms with van der Waals surface area (Å²) in [6.45, 7) is 15.3. The molecule has 0 aromatic carbocycles. The van der Waals surface area contributed by atoms with Gasteiger partial charge in [-0.1, -0.05) is 51.8 Å². The maximum Gasteiger partial charge on any atom is 0.426 e. The Balaban J connectivity index is 0.000000604. The fraction of sp³-hybridized carbons (Fsp3) is 0.800. The van der Waals surface area contributed by atoms with Crippen LogP contribution in [0.2, 0.25) is 0 Å². The number of aliphatic hydroxyl groups is 3. The molecule has 0 spiro atoms. The predicted molar refractivity (Wildman–Crippen MR) is 293 cm³/mol. The Bertz CT molecular complexity index is 2370. The maximum atomic E-state index is 12.6. The first-order valence-corrected chi connectivity index (χ1v) is 29.6. The van der Waals surface area contributed by atoms with Gasteiger partial charge in [-0.25, -0.2) is 14.4 Å². The van der Waals surface area contributed by atoms with Crippen molar-refractivity contribution in [3.8, 4) is 0 Å². The molecule has 6 saturated carbocycles. The van der Waals surface area contributed by atoms with Crippen molar-refractivity contribution in [3.63, 3.8) is 0 Å². The third kappa shape index (κ3) is 25.0. The highest BCUT2D eigenvalue weighted by molar-refractivity contribution is 5.87. The van der Waals surface area contributed by atoms with E-state index in [2.05, 4.69) is 33.9 Å². The van der Waals surface area contributed by atoms with Crippen molar-refractivity contribution in [2.24, 2.45) is 53.3 Å². The van der Waals surface area contributed by atoms with Gasteiger partial charge in [-0.15, -0.1) is 0 Å². The van der Waals surface area contributed by atoms with Gasteiger partial charge in [0.15, 0.2) is 0 Å². The number of methoxy groups -OCH3 is 3. The summed E-state index contributed by atoms with van der Waals surface area (Å²) in [4.78, 5) is 66.3. The highest BCUT2D eigenvalue weighted by atomic mass is 19.4. The van der Waals surface area contributed by atoms with Gasteiger partial charge >= 0.3 is 72.9 Å². The number of rotatable bonds is 20. The first-order valence-electron chi connectivity index (χ1n) is 29.6. The van der Waals surface area contributed by atoms with Gasteiger partial charge in [0.2, 0.25) is 0 Å². The Hall–Kier alpha value is -5.34. The van der Waals surface area contributed by atoms with Gasteiger partial charge in [0, 0.05) is 23.1 Å². The number of halogens is 18. The molecule has 0 amide bonds. The van der Waals surface area contributed by atoms with E-state index in [0.29, 0.717) is 66.1 Å². The largest absolute Gasteiger partial charge is 0.466 e. The topological polar surface area (TPSA) is 218 Å². The van der Waals surface area contributed by atoms with E-state index in [1.54, 1.807) is 20.8 Å². The molecule has 6 rings (SSSR count). The van der Waals surface area contributed by atoms with E-state index in [0.717, 1.165) is 71.1 Å². The highest BCUT2D eigenvalue weighted by Gasteiger charge is 2.72. The van der Waals surface area contributed by atoms with Gasteiger partial charge in [-0.3, -0.25) is 14.4 Å². The van der Waals surface area contributed by atoms with Crippen LogP contribution in [-0.4, -0.2) is 146 Å². The van der Waals surface area contributed by atoms with Crippen LogP contribution < -0.4 is 0 Å². The summed E-state index contributed by atoms with van der Waals surface area (Å²) in [5, 5.41) is 27.1. The molecule has 6 bridgehead atoms. The Kier molecular flexibility index (Phi) is 32.8. The summed E-state index contributed by atoms with van der Waals surface area (Å²) < 4.78 is 253. The molecule has 3 N–H and O–H groups in total. The number of unbranched alkanes of at least 4 members (excludes halogenated alkanes) is 3. The lowest BCUT2D eigenvalue weighted by molar-refractivity contribution is -0.373. The minimum absolute atomic E-state index is 0.0534. The van der Waals surface area contributed by atoms with Crippen molar-refractivity contribution < 1.29 is 152 Å². The van der Waals surface area contributed by atoms with Crippen LogP contribution in [0.3, 0.4) is 0 Å². The number of fused-ring (bicyclic) bond motifs is 6. The average molecular weight is 1390 g/mol. The molecule has 15 nitrogen and oxygen atoms in total. The minimum Gasteiger partial charge on any atom is -0.466 e. The lowest BCUT2D eigenvalue weighted by Gasteiger charge is -2.34. The van der Waals surface area contributed by atoms with E-state index in [1.807, 2.05) is 0 Å². The normalized spacial score (nSPS) is 23.4. The van der Waals surface area contributed by atoms with E-state index in [9.17, 15) is 108 Å². The maximum absolute atomic E-state index is 12.6. The summed E-state index contributed by atoms with van der Waals surface area (Å²) in [6, 6.07) is 0. The van der Waals surface area contributed by atoms with E-state index < -0.39 is 117 Å². The van der Waals surface area contributed by atoms with Crippen LogP contribution in [0.1, 0.15) is 156 Å². The van der Waals surface area contributed by atoms with Crippen molar-refractivity contribution >= 4 is 35.8 Å². The third-order valence-corrected chi connectivity index (χ3v) is 17.0.